The summed E-state index contributed by atoms with van der Waals surface area (Å²) >= 11 is 0. The number of rotatable bonds is 4. The number of imide groups is 1. The van der Waals surface area contributed by atoms with Crippen molar-refractivity contribution in [2.75, 3.05) is 0 Å². The predicted molar refractivity (Wildman–Crippen MR) is 75.2 cm³/mol. The Labute approximate surface area is 131 Å². The van der Waals surface area contributed by atoms with Gasteiger partial charge >= 0.3 is 5.97 Å². The number of nitrogens with zero attached hydrogens (tertiary/aromatic N) is 3. The quantitative estimate of drug-likeness (QED) is 0.615. The molecular weight excluding hydrogens is 302 g/mol. The van der Waals surface area contributed by atoms with E-state index in [2.05, 4.69) is 10.2 Å². The molecule has 0 radical (unpaired) electrons. The van der Waals surface area contributed by atoms with Crippen LogP contribution in [0.2, 0.25) is 0 Å². The number of carbonyl (C=O) groups is 3. The van der Waals surface area contributed by atoms with E-state index in [-0.39, 0.29) is 23.6 Å². The second-order valence-electron chi connectivity index (χ2n) is 5.02. The molecule has 0 spiro atoms. The van der Waals surface area contributed by atoms with Gasteiger partial charge in [0.1, 0.15) is 6.04 Å². The number of fused-ring (bicyclic) bond motifs is 1. The largest absolute Gasteiger partial charge is 0.454 e. The average molecular weight is 315 g/mol. The average Bonchev–Trinajstić information content (AvgIpc) is 3.07. The number of aromatic nitrogens is 2. The van der Waals surface area contributed by atoms with E-state index in [1.54, 1.807) is 31.2 Å². The summed E-state index contributed by atoms with van der Waals surface area (Å²) in [6.07, 6.45) is 0. The monoisotopic (exact) mass is 315 g/mol. The maximum atomic E-state index is 12.3. The van der Waals surface area contributed by atoms with Crippen molar-refractivity contribution < 1.29 is 23.5 Å². The number of esters is 1. The summed E-state index contributed by atoms with van der Waals surface area (Å²) in [6.45, 7) is 2.83. The molecule has 0 unspecified atom stereocenters. The maximum absolute atomic E-state index is 12.3. The standard InChI is InChI=1S/C15H13N3O5/c1-8(15(21)22-7-12-17-16-9(2)23-12)18-13(19)10-5-3-4-6-11(10)14(18)20/h3-6,8H,7H2,1-2H3/t8-/m0/s1. The number of amides is 2. The van der Waals surface area contributed by atoms with E-state index >= 15 is 0 Å². The molecule has 8 heteroatoms. The predicted octanol–water partition coefficient (Wildman–Crippen LogP) is 1.11. The zero-order valence-corrected chi connectivity index (χ0v) is 12.5. The van der Waals surface area contributed by atoms with Crippen LogP contribution in [0, 0.1) is 6.92 Å². The Morgan fingerprint density at radius 2 is 1.83 bits per heavy atom. The molecule has 0 saturated carbocycles. The molecular formula is C15H13N3O5. The summed E-state index contributed by atoms with van der Waals surface area (Å²) in [6, 6.07) is 5.37. The first-order valence-electron chi connectivity index (χ1n) is 6.91. The number of hydrogen-bond acceptors (Lipinski definition) is 7. The lowest BCUT2D eigenvalue weighted by Gasteiger charge is -2.20. The minimum atomic E-state index is -1.05. The van der Waals surface area contributed by atoms with Crippen LogP contribution in [0.15, 0.2) is 28.7 Å². The lowest BCUT2D eigenvalue weighted by Crippen LogP contribution is -2.43. The minimum absolute atomic E-state index is 0.144. The molecule has 1 aromatic carbocycles. The highest BCUT2D eigenvalue weighted by atomic mass is 16.5. The fraction of sp³-hybridized carbons (Fsp3) is 0.267. The first kappa shape index (κ1) is 14.9. The van der Waals surface area contributed by atoms with E-state index in [4.69, 9.17) is 9.15 Å². The summed E-state index contributed by atoms with van der Waals surface area (Å²) in [5.41, 5.74) is 0.564. The van der Waals surface area contributed by atoms with Gasteiger partial charge in [-0.15, -0.1) is 10.2 Å². The van der Waals surface area contributed by atoms with Crippen LogP contribution in [-0.4, -0.2) is 38.9 Å². The fourth-order valence-electron chi connectivity index (χ4n) is 2.31. The Balaban J connectivity index is 1.71. The molecule has 0 saturated heterocycles. The van der Waals surface area contributed by atoms with Gasteiger partial charge in [0.15, 0.2) is 6.61 Å². The molecule has 0 fully saturated rings. The van der Waals surface area contributed by atoms with Gasteiger partial charge in [0.05, 0.1) is 11.1 Å². The molecule has 2 aromatic rings. The molecule has 2 heterocycles. The van der Waals surface area contributed by atoms with Gasteiger partial charge in [0, 0.05) is 6.92 Å². The van der Waals surface area contributed by atoms with Crippen molar-refractivity contribution in [2.24, 2.45) is 0 Å². The molecule has 1 aromatic heterocycles. The summed E-state index contributed by atoms with van der Waals surface area (Å²) in [4.78, 5) is 37.6. The zero-order chi connectivity index (χ0) is 16.6. The fourth-order valence-corrected chi connectivity index (χ4v) is 2.31. The number of hydrogen-bond donors (Lipinski definition) is 0. The Morgan fingerprint density at radius 1 is 1.22 bits per heavy atom. The summed E-state index contributed by atoms with van der Waals surface area (Å²) in [7, 11) is 0. The van der Waals surface area contributed by atoms with Crippen LogP contribution in [0.1, 0.15) is 39.4 Å². The SMILES string of the molecule is Cc1nnc(COC(=O)[C@H](C)N2C(=O)c3ccccc3C2=O)o1. The molecule has 0 N–H and O–H groups in total. The number of ether oxygens (including phenoxy) is 1. The van der Waals surface area contributed by atoms with Crippen molar-refractivity contribution in [2.45, 2.75) is 26.5 Å². The highest BCUT2D eigenvalue weighted by Crippen LogP contribution is 2.24. The molecule has 2 amide bonds. The third kappa shape index (κ3) is 2.59. The van der Waals surface area contributed by atoms with Gasteiger partial charge < -0.3 is 9.15 Å². The molecule has 1 atom stereocenters. The molecule has 118 valence electrons. The van der Waals surface area contributed by atoms with Gasteiger partial charge in [-0.1, -0.05) is 12.1 Å². The van der Waals surface area contributed by atoms with Crippen molar-refractivity contribution in [3.8, 4) is 0 Å². The van der Waals surface area contributed by atoms with Crippen molar-refractivity contribution in [3.63, 3.8) is 0 Å². The smallest absolute Gasteiger partial charge is 0.329 e. The van der Waals surface area contributed by atoms with Gasteiger partial charge in [-0.2, -0.15) is 0 Å². The van der Waals surface area contributed by atoms with Gasteiger partial charge in [0.25, 0.3) is 17.7 Å². The van der Waals surface area contributed by atoms with Crippen molar-refractivity contribution in [1.29, 1.82) is 0 Å². The Hall–Kier alpha value is -3.03. The maximum Gasteiger partial charge on any atom is 0.329 e. The molecule has 23 heavy (non-hydrogen) atoms. The van der Waals surface area contributed by atoms with Crippen LogP contribution >= 0.6 is 0 Å². The highest BCUT2D eigenvalue weighted by Gasteiger charge is 2.41. The van der Waals surface area contributed by atoms with Gasteiger partial charge in [0.2, 0.25) is 5.89 Å². The Bertz CT molecular complexity index is 763. The van der Waals surface area contributed by atoms with E-state index in [0.717, 1.165) is 4.90 Å². The van der Waals surface area contributed by atoms with Gasteiger partial charge in [-0.05, 0) is 19.1 Å². The van der Waals surface area contributed by atoms with E-state index in [9.17, 15) is 14.4 Å². The normalized spacial score (nSPS) is 14.8. The van der Waals surface area contributed by atoms with E-state index in [0.29, 0.717) is 5.89 Å². The van der Waals surface area contributed by atoms with Crippen LogP contribution in [0.3, 0.4) is 0 Å². The van der Waals surface area contributed by atoms with Crippen LogP contribution in [0.5, 0.6) is 0 Å². The first-order valence-corrected chi connectivity index (χ1v) is 6.91. The lowest BCUT2D eigenvalue weighted by atomic mass is 10.1. The summed E-state index contributed by atoms with van der Waals surface area (Å²) in [5.74, 6) is -1.25. The summed E-state index contributed by atoms with van der Waals surface area (Å²) < 4.78 is 10.1. The van der Waals surface area contributed by atoms with Crippen LogP contribution in [-0.2, 0) is 16.1 Å². The van der Waals surface area contributed by atoms with Crippen molar-refractivity contribution in [3.05, 3.63) is 47.2 Å². The molecule has 8 nitrogen and oxygen atoms in total. The summed E-state index contributed by atoms with van der Waals surface area (Å²) in [5, 5.41) is 7.31. The van der Waals surface area contributed by atoms with Crippen molar-refractivity contribution >= 4 is 17.8 Å². The van der Waals surface area contributed by atoms with Crippen LogP contribution in [0.4, 0.5) is 0 Å². The van der Waals surface area contributed by atoms with E-state index < -0.39 is 23.8 Å². The zero-order valence-electron chi connectivity index (χ0n) is 12.5. The van der Waals surface area contributed by atoms with Gasteiger partial charge in [-0.3, -0.25) is 14.5 Å². The van der Waals surface area contributed by atoms with E-state index in [1.165, 1.54) is 6.92 Å². The second-order valence-corrected chi connectivity index (χ2v) is 5.02. The Morgan fingerprint density at radius 3 is 2.35 bits per heavy atom. The number of benzene rings is 1. The van der Waals surface area contributed by atoms with Gasteiger partial charge in [-0.25, -0.2) is 4.79 Å². The highest BCUT2D eigenvalue weighted by molar-refractivity contribution is 6.22. The lowest BCUT2D eigenvalue weighted by molar-refractivity contribution is -0.149. The van der Waals surface area contributed by atoms with Crippen molar-refractivity contribution in [1.82, 2.24) is 15.1 Å². The topological polar surface area (TPSA) is 103 Å². The molecule has 3 rings (SSSR count). The molecule has 1 aliphatic heterocycles. The first-order chi connectivity index (χ1) is 11.0. The molecule has 0 aliphatic carbocycles. The number of carbonyl (C=O) groups excluding carboxylic acids is 3. The molecule has 0 bridgehead atoms. The third-order valence-electron chi connectivity index (χ3n) is 3.46. The van der Waals surface area contributed by atoms with Crippen LogP contribution in [0.25, 0.3) is 0 Å². The minimum Gasteiger partial charge on any atom is -0.454 e. The van der Waals surface area contributed by atoms with Crippen LogP contribution < -0.4 is 0 Å². The van der Waals surface area contributed by atoms with E-state index in [1.807, 2.05) is 0 Å². The molecule has 1 aliphatic rings. The Kier molecular flexibility index (Phi) is 3.65. The number of aryl methyl sites for hydroxylation is 1. The second kappa shape index (κ2) is 5.64. The third-order valence-corrected chi connectivity index (χ3v) is 3.46.